The summed E-state index contributed by atoms with van der Waals surface area (Å²) in [6.45, 7) is 2.46. The van der Waals surface area contributed by atoms with Gasteiger partial charge in [-0.15, -0.1) is 0 Å². The zero-order chi connectivity index (χ0) is 7.56. The highest BCUT2D eigenvalue weighted by molar-refractivity contribution is 7.79. The Bertz CT molecular complexity index is 219. The number of aryl methyl sites for hydroxylation is 1. The largest absolute Gasteiger partial charge is 0.464 e. The summed E-state index contributed by atoms with van der Waals surface area (Å²) in [5, 5.41) is 0. The number of furan rings is 1. The van der Waals surface area contributed by atoms with Crippen molar-refractivity contribution >= 4 is 12.6 Å². The predicted molar refractivity (Wildman–Crippen MR) is 44.0 cm³/mol. The minimum atomic E-state index is 0.472. The fraction of sp³-hybridized carbons (Fsp3) is 0.429. The summed E-state index contributed by atoms with van der Waals surface area (Å²) in [4.78, 5) is 0. The van der Waals surface area contributed by atoms with Crippen molar-refractivity contribution in [3.8, 4) is 0 Å². The molecule has 0 amide bonds. The van der Waals surface area contributed by atoms with E-state index in [0.29, 0.717) is 12.3 Å². The van der Waals surface area contributed by atoms with Crippen LogP contribution in [0.25, 0.3) is 0 Å². The Morgan fingerprint density at radius 2 is 2.40 bits per heavy atom. The van der Waals surface area contributed by atoms with Gasteiger partial charge in [-0.25, -0.2) is 0 Å². The summed E-state index contributed by atoms with van der Waals surface area (Å²) in [5.41, 5.74) is 6.52. The maximum atomic E-state index is 5.40. The Morgan fingerprint density at radius 1 is 1.70 bits per heavy atom. The van der Waals surface area contributed by atoms with Gasteiger partial charge in [-0.05, 0) is 18.6 Å². The molecule has 1 aromatic rings. The predicted octanol–water partition coefficient (Wildman–Crippen LogP) is 1.48. The first-order chi connectivity index (χ1) is 4.77. The Kier molecular flexibility index (Phi) is 2.40. The van der Waals surface area contributed by atoms with E-state index in [0.717, 1.165) is 17.1 Å². The third-order valence-electron chi connectivity index (χ3n) is 1.41. The molecule has 0 saturated carbocycles. The van der Waals surface area contributed by atoms with Gasteiger partial charge in [0.15, 0.2) is 0 Å². The highest BCUT2D eigenvalue weighted by atomic mass is 32.1. The van der Waals surface area contributed by atoms with Crippen molar-refractivity contribution in [3.63, 3.8) is 0 Å². The molecule has 56 valence electrons. The van der Waals surface area contributed by atoms with Gasteiger partial charge in [0.05, 0.1) is 6.54 Å². The van der Waals surface area contributed by atoms with Gasteiger partial charge >= 0.3 is 0 Å². The monoisotopic (exact) mass is 157 g/mol. The van der Waals surface area contributed by atoms with Crippen LogP contribution >= 0.6 is 12.6 Å². The van der Waals surface area contributed by atoms with Crippen molar-refractivity contribution in [2.24, 2.45) is 5.73 Å². The molecule has 2 nitrogen and oxygen atoms in total. The quantitative estimate of drug-likeness (QED) is 0.638. The van der Waals surface area contributed by atoms with E-state index in [9.17, 15) is 0 Å². The molecule has 0 aliphatic heterocycles. The molecule has 0 unspecified atom stereocenters. The van der Waals surface area contributed by atoms with Gasteiger partial charge in [0.2, 0.25) is 0 Å². The van der Waals surface area contributed by atoms with Crippen LogP contribution in [-0.2, 0) is 12.3 Å². The summed E-state index contributed by atoms with van der Waals surface area (Å²) in [7, 11) is 0. The number of nitrogens with two attached hydrogens (primary N) is 1. The first-order valence-corrected chi connectivity index (χ1v) is 3.80. The molecule has 0 bridgehead atoms. The third-order valence-corrected chi connectivity index (χ3v) is 1.72. The van der Waals surface area contributed by atoms with Crippen molar-refractivity contribution in [1.29, 1.82) is 0 Å². The molecule has 2 N–H and O–H groups in total. The molecule has 1 heterocycles. The fourth-order valence-electron chi connectivity index (χ4n) is 0.871. The van der Waals surface area contributed by atoms with Gasteiger partial charge in [-0.1, -0.05) is 0 Å². The van der Waals surface area contributed by atoms with E-state index in [-0.39, 0.29) is 0 Å². The molecule has 0 aliphatic carbocycles. The van der Waals surface area contributed by atoms with Gasteiger partial charge in [-0.3, -0.25) is 0 Å². The van der Waals surface area contributed by atoms with E-state index in [1.165, 1.54) is 0 Å². The van der Waals surface area contributed by atoms with Crippen LogP contribution in [0.15, 0.2) is 10.5 Å². The van der Waals surface area contributed by atoms with Crippen LogP contribution in [0.5, 0.6) is 0 Å². The van der Waals surface area contributed by atoms with E-state index in [4.69, 9.17) is 10.2 Å². The molecule has 0 aliphatic rings. The van der Waals surface area contributed by atoms with Crippen molar-refractivity contribution in [2.75, 3.05) is 0 Å². The van der Waals surface area contributed by atoms with Crippen molar-refractivity contribution < 1.29 is 4.42 Å². The zero-order valence-corrected chi connectivity index (χ0v) is 6.82. The minimum absolute atomic E-state index is 0.472. The van der Waals surface area contributed by atoms with Gasteiger partial charge < -0.3 is 10.2 Å². The Hall–Kier alpha value is -0.410. The second-order valence-electron chi connectivity index (χ2n) is 2.18. The highest BCUT2D eigenvalue weighted by Crippen LogP contribution is 2.14. The van der Waals surface area contributed by atoms with Gasteiger partial charge in [-0.2, -0.15) is 12.6 Å². The van der Waals surface area contributed by atoms with Crippen LogP contribution in [0, 0.1) is 6.92 Å². The molecule has 0 spiro atoms. The lowest BCUT2D eigenvalue weighted by Gasteiger charge is -1.89. The molecule has 0 saturated heterocycles. The average Bonchev–Trinajstić information content (AvgIpc) is 2.30. The molecule has 0 aromatic carbocycles. The van der Waals surface area contributed by atoms with E-state index in [2.05, 4.69) is 12.6 Å². The lowest BCUT2D eigenvalue weighted by atomic mass is 10.3. The van der Waals surface area contributed by atoms with Crippen LogP contribution in [0.1, 0.15) is 17.1 Å². The number of hydrogen-bond acceptors (Lipinski definition) is 3. The molecule has 10 heavy (non-hydrogen) atoms. The lowest BCUT2D eigenvalue weighted by Crippen LogP contribution is -1.95. The van der Waals surface area contributed by atoms with E-state index in [1.807, 2.05) is 13.0 Å². The summed E-state index contributed by atoms with van der Waals surface area (Å²) in [5.74, 6) is 2.39. The number of hydrogen-bond donors (Lipinski definition) is 2. The summed E-state index contributed by atoms with van der Waals surface area (Å²) >= 11 is 4.08. The molecular formula is C7H11NOS. The van der Waals surface area contributed by atoms with Crippen molar-refractivity contribution in [2.45, 2.75) is 19.2 Å². The normalized spacial score (nSPS) is 10.3. The van der Waals surface area contributed by atoms with Gasteiger partial charge in [0, 0.05) is 5.75 Å². The molecule has 0 fully saturated rings. The first-order valence-electron chi connectivity index (χ1n) is 3.17. The first kappa shape index (κ1) is 7.69. The maximum absolute atomic E-state index is 5.40. The number of rotatable bonds is 2. The lowest BCUT2D eigenvalue weighted by molar-refractivity contribution is 0.480. The molecule has 1 rings (SSSR count). The second kappa shape index (κ2) is 3.12. The van der Waals surface area contributed by atoms with Crippen LogP contribution in [0.3, 0.4) is 0 Å². The molecule has 1 aromatic heterocycles. The highest BCUT2D eigenvalue weighted by Gasteiger charge is 2.02. The van der Waals surface area contributed by atoms with E-state index < -0.39 is 0 Å². The molecule has 3 heteroatoms. The Balaban J connectivity index is 2.92. The maximum Gasteiger partial charge on any atom is 0.120 e. The van der Waals surface area contributed by atoms with Crippen LogP contribution in [0.4, 0.5) is 0 Å². The molecule has 0 atom stereocenters. The third kappa shape index (κ3) is 1.36. The zero-order valence-electron chi connectivity index (χ0n) is 5.92. The number of thiol groups is 1. The van der Waals surface area contributed by atoms with Crippen LogP contribution in [0.2, 0.25) is 0 Å². The van der Waals surface area contributed by atoms with Gasteiger partial charge in [0.25, 0.3) is 0 Å². The summed E-state index contributed by atoms with van der Waals surface area (Å²) in [6, 6.07) is 1.97. The van der Waals surface area contributed by atoms with E-state index in [1.54, 1.807) is 0 Å². The average molecular weight is 157 g/mol. The van der Waals surface area contributed by atoms with Gasteiger partial charge in [0.1, 0.15) is 11.5 Å². The molecule has 0 radical (unpaired) electrons. The summed E-state index contributed by atoms with van der Waals surface area (Å²) in [6.07, 6.45) is 0. The SMILES string of the molecule is Cc1cc(CS)oc1CN. The van der Waals surface area contributed by atoms with Crippen LogP contribution in [-0.4, -0.2) is 0 Å². The summed E-state index contributed by atoms with van der Waals surface area (Å²) < 4.78 is 5.31. The van der Waals surface area contributed by atoms with Crippen molar-refractivity contribution in [1.82, 2.24) is 0 Å². The second-order valence-corrected chi connectivity index (χ2v) is 2.50. The topological polar surface area (TPSA) is 39.2 Å². The fourth-order valence-corrected chi connectivity index (χ4v) is 1.03. The minimum Gasteiger partial charge on any atom is -0.464 e. The molecular weight excluding hydrogens is 146 g/mol. The van der Waals surface area contributed by atoms with Crippen LogP contribution < -0.4 is 5.73 Å². The smallest absolute Gasteiger partial charge is 0.120 e. The van der Waals surface area contributed by atoms with Crippen molar-refractivity contribution in [3.05, 3.63) is 23.2 Å². The standard InChI is InChI=1S/C7H11NOS/c1-5-2-6(4-10)9-7(5)3-8/h2,10H,3-4,8H2,1H3. The Labute approximate surface area is 65.8 Å². The van der Waals surface area contributed by atoms with E-state index >= 15 is 0 Å². The Morgan fingerprint density at radius 3 is 2.70 bits per heavy atom.